The fraction of sp³-hybridized carbons (Fsp3) is 0.190. The van der Waals surface area contributed by atoms with E-state index in [1.165, 1.54) is 19.3 Å². The Balaban J connectivity index is 1.85. The van der Waals surface area contributed by atoms with Crippen molar-refractivity contribution in [3.8, 4) is 5.75 Å². The van der Waals surface area contributed by atoms with Gasteiger partial charge in [0.2, 0.25) is 0 Å². The van der Waals surface area contributed by atoms with Crippen LogP contribution >= 0.6 is 0 Å². The minimum Gasteiger partial charge on any atom is -0.494 e. The minimum atomic E-state index is -0.662. The lowest BCUT2D eigenvalue weighted by Crippen LogP contribution is -2.21. The van der Waals surface area contributed by atoms with Crippen molar-refractivity contribution in [2.45, 2.75) is 6.92 Å². The van der Waals surface area contributed by atoms with Gasteiger partial charge < -0.3 is 19.5 Å². The molecule has 0 fully saturated rings. The van der Waals surface area contributed by atoms with E-state index in [-0.39, 0.29) is 11.3 Å². The molecule has 2 aromatic carbocycles. The summed E-state index contributed by atoms with van der Waals surface area (Å²) < 4.78 is 14.9. The van der Waals surface area contributed by atoms with Gasteiger partial charge >= 0.3 is 11.9 Å². The van der Waals surface area contributed by atoms with E-state index in [0.29, 0.717) is 6.61 Å². The summed E-state index contributed by atoms with van der Waals surface area (Å²) in [4.78, 5) is 35.4. The van der Waals surface area contributed by atoms with Crippen LogP contribution in [0.4, 0.5) is 5.69 Å². The maximum atomic E-state index is 12.0. The van der Waals surface area contributed by atoms with Gasteiger partial charge in [-0.15, -0.1) is 0 Å². The Morgan fingerprint density at radius 2 is 1.75 bits per heavy atom. The van der Waals surface area contributed by atoms with E-state index >= 15 is 0 Å². The van der Waals surface area contributed by atoms with Crippen LogP contribution in [0.2, 0.25) is 0 Å². The number of hydrogen-bond acceptors (Lipinski definition) is 6. The first-order valence-corrected chi connectivity index (χ1v) is 8.58. The largest absolute Gasteiger partial charge is 0.494 e. The summed E-state index contributed by atoms with van der Waals surface area (Å²) in [5.41, 5.74) is 1.28. The van der Waals surface area contributed by atoms with Crippen LogP contribution in [0.25, 0.3) is 6.08 Å². The van der Waals surface area contributed by atoms with Crippen molar-refractivity contribution in [1.82, 2.24) is 0 Å². The lowest BCUT2D eigenvalue weighted by molar-refractivity contribution is -0.142. The van der Waals surface area contributed by atoms with Crippen LogP contribution < -0.4 is 10.1 Å². The molecule has 0 atom stereocenters. The molecule has 0 unspecified atom stereocenters. The van der Waals surface area contributed by atoms with Gasteiger partial charge in [-0.25, -0.2) is 9.59 Å². The fourth-order valence-corrected chi connectivity index (χ4v) is 2.26. The van der Waals surface area contributed by atoms with Gasteiger partial charge in [-0.2, -0.15) is 0 Å². The van der Waals surface area contributed by atoms with E-state index in [4.69, 9.17) is 9.47 Å². The number of anilines is 1. The van der Waals surface area contributed by atoms with Crippen molar-refractivity contribution in [1.29, 1.82) is 0 Å². The van der Waals surface area contributed by atoms with Gasteiger partial charge in [-0.05, 0) is 42.8 Å². The molecule has 2 rings (SSSR count). The molecule has 7 nitrogen and oxygen atoms in total. The number of para-hydroxylation sites is 1. The summed E-state index contributed by atoms with van der Waals surface area (Å²) in [6.07, 6.45) is 2.80. The predicted molar refractivity (Wildman–Crippen MR) is 104 cm³/mol. The maximum absolute atomic E-state index is 12.0. The third-order valence-corrected chi connectivity index (χ3v) is 3.55. The minimum absolute atomic E-state index is 0.208. The Labute approximate surface area is 162 Å². The zero-order chi connectivity index (χ0) is 20.4. The van der Waals surface area contributed by atoms with Crippen LogP contribution in [-0.2, 0) is 19.1 Å². The Morgan fingerprint density at radius 1 is 1.04 bits per heavy atom. The first-order chi connectivity index (χ1) is 13.5. The summed E-state index contributed by atoms with van der Waals surface area (Å²) in [5.74, 6) is -1.07. The highest BCUT2D eigenvalue weighted by Crippen LogP contribution is 2.16. The van der Waals surface area contributed by atoms with Crippen molar-refractivity contribution in [2.24, 2.45) is 0 Å². The molecule has 2 aromatic rings. The smallest absolute Gasteiger partial charge is 0.339 e. The topological polar surface area (TPSA) is 90.9 Å². The number of carbonyl (C=O) groups excluding carboxylic acids is 3. The van der Waals surface area contributed by atoms with Crippen LogP contribution in [0, 0.1) is 0 Å². The van der Waals surface area contributed by atoms with Crippen LogP contribution in [0.1, 0.15) is 22.8 Å². The number of carbonyl (C=O) groups is 3. The number of hydrogen-bond donors (Lipinski definition) is 1. The van der Waals surface area contributed by atoms with Gasteiger partial charge in [0.15, 0.2) is 6.61 Å². The molecule has 0 heterocycles. The molecule has 1 N–H and O–H groups in total. The molecular formula is C21H21NO6. The number of esters is 2. The number of methoxy groups -OCH3 is 1. The first-order valence-electron chi connectivity index (χ1n) is 8.58. The lowest BCUT2D eigenvalue weighted by Gasteiger charge is -2.09. The van der Waals surface area contributed by atoms with Gasteiger partial charge in [0.05, 0.1) is 25.0 Å². The molecule has 0 radical (unpaired) electrons. The van der Waals surface area contributed by atoms with Gasteiger partial charge in [-0.1, -0.05) is 24.3 Å². The maximum Gasteiger partial charge on any atom is 0.339 e. The van der Waals surface area contributed by atoms with E-state index in [0.717, 1.165) is 11.3 Å². The highest BCUT2D eigenvalue weighted by Gasteiger charge is 2.13. The Kier molecular flexibility index (Phi) is 7.77. The molecule has 0 aliphatic heterocycles. The second-order valence-electron chi connectivity index (χ2n) is 5.53. The predicted octanol–water partition coefficient (Wildman–Crippen LogP) is 3.07. The van der Waals surface area contributed by atoms with Crippen LogP contribution in [0.15, 0.2) is 54.6 Å². The number of ether oxygens (including phenoxy) is 3. The number of benzene rings is 2. The van der Waals surface area contributed by atoms with Crippen LogP contribution in [-0.4, -0.2) is 38.2 Å². The molecule has 0 aliphatic rings. The summed E-state index contributed by atoms with van der Waals surface area (Å²) in [7, 11) is 1.25. The van der Waals surface area contributed by atoms with Crippen molar-refractivity contribution in [3.05, 3.63) is 65.7 Å². The molecule has 0 bridgehead atoms. The third-order valence-electron chi connectivity index (χ3n) is 3.55. The highest BCUT2D eigenvalue weighted by atomic mass is 16.5. The summed E-state index contributed by atoms with van der Waals surface area (Å²) in [6, 6.07) is 13.6. The van der Waals surface area contributed by atoms with E-state index in [1.807, 2.05) is 6.92 Å². The molecule has 0 saturated carbocycles. The number of rotatable bonds is 8. The van der Waals surface area contributed by atoms with Crippen LogP contribution in [0.3, 0.4) is 0 Å². The van der Waals surface area contributed by atoms with Crippen molar-refractivity contribution >= 4 is 29.6 Å². The summed E-state index contributed by atoms with van der Waals surface area (Å²) in [6.45, 7) is 1.99. The molecule has 0 aliphatic carbocycles. The zero-order valence-corrected chi connectivity index (χ0v) is 15.6. The molecule has 146 valence electrons. The molecule has 1 amide bonds. The second-order valence-corrected chi connectivity index (χ2v) is 5.53. The van der Waals surface area contributed by atoms with E-state index < -0.39 is 24.5 Å². The monoisotopic (exact) mass is 383 g/mol. The fourth-order valence-electron chi connectivity index (χ4n) is 2.26. The van der Waals surface area contributed by atoms with Gasteiger partial charge in [0, 0.05) is 6.08 Å². The molecular weight excluding hydrogens is 362 g/mol. The van der Waals surface area contributed by atoms with Crippen molar-refractivity contribution in [2.75, 3.05) is 25.6 Å². The SMILES string of the molecule is CCOc1ccc(C=CC(=O)OCC(=O)Nc2ccccc2C(=O)OC)cc1. The highest BCUT2D eigenvalue weighted by molar-refractivity contribution is 6.02. The summed E-state index contributed by atoms with van der Waals surface area (Å²) >= 11 is 0. The quantitative estimate of drug-likeness (QED) is 0.556. The first kappa shape index (κ1) is 20.7. The Hall–Kier alpha value is -3.61. The van der Waals surface area contributed by atoms with Crippen LogP contribution in [0.5, 0.6) is 5.75 Å². The molecule has 0 spiro atoms. The zero-order valence-electron chi connectivity index (χ0n) is 15.6. The second kappa shape index (κ2) is 10.5. The van der Waals surface area contributed by atoms with Crippen molar-refractivity contribution in [3.63, 3.8) is 0 Å². The summed E-state index contributed by atoms with van der Waals surface area (Å²) in [5, 5.41) is 2.52. The molecule has 28 heavy (non-hydrogen) atoms. The average Bonchev–Trinajstić information content (AvgIpc) is 2.72. The average molecular weight is 383 g/mol. The van der Waals surface area contributed by atoms with Gasteiger partial charge in [0.25, 0.3) is 5.91 Å². The molecule has 0 saturated heterocycles. The molecule has 0 aromatic heterocycles. The third kappa shape index (κ3) is 6.28. The number of nitrogens with one attached hydrogen (secondary N) is 1. The van der Waals surface area contributed by atoms with Crippen molar-refractivity contribution < 1.29 is 28.6 Å². The molecule has 7 heteroatoms. The van der Waals surface area contributed by atoms with E-state index in [1.54, 1.807) is 48.5 Å². The standard InChI is InChI=1S/C21H21NO6/c1-3-27-16-11-8-15(9-12-16)10-13-20(24)28-14-19(23)22-18-7-5-4-6-17(18)21(25)26-2/h4-13H,3,14H2,1-2H3,(H,22,23). The van der Waals surface area contributed by atoms with Gasteiger partial charge in [0.1, 0.15) is 5.75 Å². The Morgan fingerprint density at radius 3 is 2.43 bits per heavy atom. The lowest BCUT2D eigenvalue weighted by atomic mass is 10.2. The number of amides is 1. The Bertz CT molecular complexity index is 857. The van der Waals surface area contributed by atoms with E-state index in [2.05, 4.69) is 10.1 Å². The van der Waals surface area contributed by atoms with E-state index in [9.17, 15) is 14.4 Å². The normalized spacial score (nSPS) is 10.4. The van der Waals surface area contributed by atoms with Gasteiger partial charge in [-0.3, -0.25) is 4.79 Å².